The van der Waals surface area contributed by atoms with E-state index in [4.69, 9.17) is 0 Å². The molecule has 242 valence electrons. The Labute approximate surface area is 279 Å². The van der Waals surface area contributed by atoms with E-state index in [1.807, 2.05) is 43.3 Å². The molecule has 0 radical (unpaired) electrons. The summed E-state index contributed by atoms with van der Waals surface area (Å²) in [7, 11) is 0. The SMILES string of the molecule is Cc1c(C)n(Cc2ccc(-c3ccccc3C(=O)NC3CCCCC3)cc2)c2ccc(C(=O)NC(C)c3cccc(C(C)C)c3)cc12. The number of aryl methyl sites for hydroxylation is 1. The van der Waals surface area contributed by atoms with Crippen LogP contribution in [0.15, 0.2) is 91.0 Å². The Morgan fingerprint density at radius 1 is 0.787 bits per heavy atom. The highest BCUT2D eigenvalue weighted by molar-refractivity contribution is 6.01. The van der Waals surface area contributed by atoms with Gasteiger partial charge in [0.15, 0.2) is 0 Å². The van der Waals surface area contributed by atoms with Crippen LogP contribution in [0.1, 0.15) is 113 Å². The van der Waals surface area contributed by atoms with Crippen LogP contribution in [0.25, 0.3) is 22.0 Å². The van der Waals surface area contributed by atoms with Crippen molar-refractivity contribution in [2.75, 3.05) is 0 Å². The molecule has 1 aliphatic carbocycles. The van der Waals surface area contributed by atoms with Crippen LogP contribution < -0.4 is 10.6 Å². The molecule has 0 saturated heterocycles. The second-order valence-electron chi connectivity index (χ2n) is 13.6. The van der Waals surface area contributed by atoms with E-state index in [0.717, 1.165) is 52.5 Å². The van der Waals surface area contributed by atoms with E-state index in [0.29, 0.717) is 11.5 Å². The van der Waals surface area contributed by atoms with Crippen LogP contribution in [0, 0.1) is 13.8 Å². The smallest absolute Gasteiger partial charge is 0.252 e. The fourth-order valence-corrected chi connectivity index (χ4v) is 6.96. The topological polar surface area (TPSA) is 63.1 Å². The van der Waals surface area contributed by atoms with E-state index < -0.39 is 0 Å². The number of rotatable bonds is 9. The zero-order chi connectivity index (χ0) is 33.1. The second kappa shape index (κ2) is 14.0. The molecule has 0 bridgehead atoms. The molecule has 0 spiro atoms. The van der Waals surface area contributed by atoms with E-state index in [2.05, 4.69) is 97.5 Å². The van der Waals surface area contributed by atoms with Crippen LogP contribution in [-0.4, -0.2) is 22.4 Å². The van der Waals surface area contributed by atoms with Crippen molar-refractivity contribution in [2.24, 2.45) is 0 Å². The van der Waals surface area contributed by atoms with Crippen molar-refractivity contribution in [3.05, 3.63) is 130 Å². The molecule has 1 heterocycles. The van der Waals surface area contributed by atoms with E-state index in [-0.39, 0.29) is 23.9 Å². The molecule has 0 aliphatic heterocycles. The minimum Gasteiger partial charge on any atom is -0.349 e. The quantitative estimate of drug-likeness (QED) is 0.171. The summed E-state index contributed by atoms with van der Waals surface area (Å²) >= 11 is 0. The summed E-state index contributed by atoms with van der Waals surface area (Å²) in [5.41, 5.74) is 10.4. The summed E-state index contributed by atoms with van der Waals surface area (Å²) in [6.45, 7) is 11.4. The summed E-state index contributed by atoms with van der Waals surface area (Å²) in [6, 6.07) is 31.1. The average Bonchev–Trinajstić information content (AvgIpc) is 3.33. The van der Waals surface area contributed by atoms with Gasteiger partial charge in [0.05, 0.1) is 6.04 Å². The zero-order valence-electron chi connectivity index (χ0n) is 28.4. The number of carbonyl (C=O) groups excluding carboxylic acids is 2. The Morgan fingerprint density at radius 3 is 2.26 bits per heavy atom. The van der Waals surface area contributed by atoms with Gasteiger partial charge in [-0.05, 0) is 97.2 Å². The monoisotopic (exact) mass is 625 g/mol. The molecule has 5 heteroatoms. The van der Waals surface area contributed by atoms with Gasteiger partial charge in [-0.2, -0.15) is 0 Å². The fraction of sp³-hybridized carbons (Fsp3) is 0.333. The van der Waals surface area contributed by atoms with Crippen molar-refractivity contribution in [1.82, 2.24) is 15.2 Å². The number of fused-ring (bicyclic) bond motifs is 1. The van der Waals surface area contributed by atoms with Crippen LogP contribution in [-0.2, 0) is 6.54 Å². The van der Waals surface area contributed by atoms with Crippen molar-refractivity contribution in [1.29, 1.82) is 0 Å². The molecule has 1 fully saturated rings. The molecule has 1 aromatic heterocycles. The lowest BCUT2D eigenvalue weighted by Gasteiger charge is -2.23. The maximum Gasteiger partial charge on any atom is 0.252 e. The van der Waals surface area contributed by atoms with Crippen molar-refractivity contribution in [2.45, 2.75) is 91.3 Å². The zero-order valence-corrected chi connectivity index (χ0v) is 28.4. The summed E-state index contributed by atoms with van der Waals surface area (Å²) in [4.78, 5) is 26.6. The lowest BCUT2D eigenvalue weighted by Crippen LogP contribution is -2.36. The third-order valence-corrected chi connectivity index (χ3v) is 10.0. The Balaban J connectivity index is 1.18. The summed E-state index contributed by atoms with van der Waals surface area (Å²) in [6.07, 6.45) is 5.77. The molecule has 1 atom stereocenters. The van der Waals surface area contributed by atoms with Gasteiger partial charge < -0.3 is 15.2 Å². The van der Waals surface area contributed by atoms with Crippen LogP contribution in [0.4, 0.5) is 0 Å². The summed E-state index contributed by atoms with van der Waals surface area (Å²) < 4.78 is 2.33. The van der Waals surface area contributed by atoms with E-state index in [9.17, 15) is 9.59 Å². The highest BCUT2D eigenvalue weighted by Gasteiger charge is 2.20. The summed E-state index contributed by atoms with van der Waals surface area (Å²) in [5, 5.41) is 7.58. The number of aromatic nitrogens is 1. The lowest BCUT2D eigenvalue weighted by molar-refractivity contribution is 0.0924. The van der Waals surface area contributed by atoms with Gasteiger partial charge in [-0.25, -0.2) is 0 Å². The van der Waals surface area contributed by atoms with Crippen LogP contribution in [0.3, 0.4) is 0 Å². The third-order valence-electron chi connectivity index (χ3n) is 10.0. The molecular weight excluding hydrogens is 578 g/mol. The molecule has 1 saturated carbocycles. The van der Waals surface area contributed by atoms with Gasteiger partial charge in [0.25, 0.3) is 11.8 Å². The molecule has 1 aliphatic rings. The minimum absolute atomic E-state index is 0.0179. The number of benzene rings is 4. The molecule has 1 unspecified atom stereocenters. The minimum atomic E-state index is -0.0921. The lowest BCUT2D eigenvalue weighted by atomic mass is 9.94. The second-order valence-corrected chi connectivity index (χ2v) is 13.6. The molecular formula is C42H47N3O2. The first-order valence-electron chi connectivity index (χ1n) is 17.2. The van der Waals surface area contributed by atoms with E-state index >= 15 is 0 Å². The van der Waals surface area contributed by atoms with Gasteiger partial charge in [-0.3, -0.25) is 9.59 Å². The van der Waals surface area contributed by atoms with Crippen molar-refractivity contribution in [3.63, 3.8) is 0 Å². The maximum atomic E-state index is 13.4. The molecule has 6 rings (SSSR count). The van der Waals surface area contributed by atoms with Gasteiger partial charge in [-0.15, -0.1) is 0 Å². The number of nitrogens with one attached hydrogen (secondary N) is 2. The van der Waals surface area contributed by atoms with Gasteiger partial charge in [0.1, 0.15) is 0 Å². The Bertz CT molecular complexity index is 1890. The summed E-state index contributed by atoms with van der Waals surface area (Å²) in [5.74, 6) is 0.390. The number of hydrogen-bond acceptors (Lipinski definition) is 2. The highest BCUT2D eigenvalue weighted by atomic mass is 16.2. The number of carbonyl (C=O) groups is 2. The van der Waals surface area contributed by atoms with Gasteiger partial charge in [0.2, 0.25) is 0 Å². The third kappa shape index (κ3) is 7.05. The standard InChI is InChI=1S/C42H47N3O2/c1-27(2)33-12-11-13-34(24-33)29(4)43-41(46)35-22-23-40-39(25-35)28(3)30(5)45(40)26-31-18-20-32(21-19-31)37-16-9-10-17-38(37)42(47)44-36-14-7-6-8-15-36/h9-13,16-25,27,29,36H,6-8,14-15,26H2,1-5H3,(H,43,46)(H,44,47). The van der Waals surface area contributed by atoms with Crippen LogP contribution >= 0.6 is 0 Å². The largest absolute Gasteiger partial charge is 0.349 e. The molecule has 5 nitrogen and oxygen atoms in total. The van der Waals surface area contributed by atoms with Crippen LogP contribution in [0.5, 0.6) is 0 Å². The normalized spacial score (nSPS) is 14.3. The van der Waals surface area contributed by atoms with Gasteiger partial charge >= 0.3 is 0 Å². The van der Waals surface area contributed by atoms with E-state index in [1.165, 1.54) is 41.6 Å². The first-order chi connectivity index (χ1) is 22.7. The average molecular weight is 626 g/mol. The molecule has 4 aromatic carbocycles. The van der Waals surface area contributed by atoms with Crippen molar-refractivity contribution in [3.8, 4) is 11.1 Å². The van der Waals surface area contributed by atoms with E-state index in [1.54, 1.807) is 0 Å². The number of amides is 2. The fourth-order valence-electron chi connectivity index (χ4n) is 6.96. The van der Waals surface area contributed by atoms with Crippen molar-refractivity contribution < 1.29 is 9.59 Å². The predicted octanol–water partition coefficient (Wildman–Crippen LogP) is 9.65. The molecule has 2 N–H and O–H groups in total. The Hall–Kier alpha value is -4.64. The number of hydrogen-bond donors (Lipinski definition) is 2. The predicted molar refractivity (Wildman–Crippen MR) is 193 cm³/mol. The van der Waals surface area contributed by atoms with Gasteiger partial charge in [-0.1, -0.05) is 99.8 Å². The molecule has 5 aromatic rings. The number of nitrogens with zero attached hydrogens (tertiary/aromatic N) is 1. The Kier molecular flexibility index (Phi) is 9.63. The molecule has 2 amide bonds. The first-order valence-corrected chi connectivity index (χ1v) is 17.2. The highest BCUT2D eigenvalue weighted by Crippen LogP contribution is 2.30. The van der Waals surface area contributed by atoms with Crippen molar-refractivity contribution >= 4 is 22.7 Å². The van der Waals surface area contributed by atoms with Crippen LogP contribution in [0.2, 0.25) is 0 Å². The first kappa shape index (κ1) is 32.3. The maximum absolute atomic E-state index is 13.4. The Morgan fingerprint density at radius 2 is 1.51 bits per heavy atom. The van der Waals surface area contributed by atoms with Gasteiger partial charge in [0, 0.05) is 40.3 Å². The molecule has 47 heavy (non-hydrogen) atoms.